The highest BCUT2D eigenvalue weighted by atomic mass is 16.5. The number of ether oxygens (including phenoxy) is 1. The van der Waals surface area contributed by atoms with Crippen LogP contribution in [0.3, 0.4) is 0 Å². The third kappa shape index (κ3) is 3.03. The first-order valence-corrected chi connectivity index (χ1v) is 7.36. The van der Waals surface area contributed by atoms with Gasteiger partial charge in [0.15, 0.2) is 5.43 Å². The van der Waals surface area contributed by atoms with E-state index in [0.717, 1.165) is 17.7 Å². The summed E-state index contributed by atoms with van der Waals surface area (Å²) >= 11 is 0. The molecule has 0 bridgehead atoms. The Morgan fingerprint density at radius 3 is 2.70 bits per heavy atom. The van der Waals surface area contributed by atoms with Crippen LogP contribution in [0, 0.1) is 6.92 Å². The van der Waals surface area contributed by atoms with E-state index >= 15 is 0 Å². The Kier molecular flexibility index (Phi) is 4.83. The molecule has 3 nitrogen and oxygen atoms in total. The first-order valence-electron chi connectivity index (χ1n) is 7.36. The maximum atomic E-state index is 12.3. The standard InChI is InChI=1S/C17H22O3/c1-4-6-7-10-19-13-8-9-15-16(11-13)20-12(3)14(5-2)17(15)18/h8-9,11H,4-7,10H2,1-3H3. The minimum atomic E-state index is 0.0729. The normalized spacial score (nSPS) is 10.9. The summed E-state index contributed by atoms with van der Waals surface area (Å²) in [5, 5.41) is 0.633. The predicted octanol–water partition coefficient (Wildman–Crippen LogP) is 4.23. The Bertz CT molecular complexity index is 640. The van der Waals surface area contributed by atoms with E-state index in [2.05, 4.69) is 6.92 Å². The molecule has 0 saturated carbocycles. The Hall–Kier alpha value is -1.77. The van der Waals surface area contributed by atoms with Crippen LogP contribution >= 0.6 is 0 Å². The topological polar surface area (TPSA) is 39.4 Å². The molecule has 0 atom stereocenters. The summed E-state index contributed by atoms with van der Waals surface area (Å²) in [4.78, 5) is 12.3. The molecule has 0 aliphatic heterocycles. The highest BCUT2D eigenvalue weighted by Crippen LogP contribution is 2.21. The number of hydrogen-bond donors (Lipinski definition) is 0. The van der Waals surface area contributed by atoms with Crippen molar-refractivity contribution in [1.29, 1.82) is 0 Å². The molecule has 0 fully saturated rings. The molecule has 0 N–H and O–H groups in total. The second kappa shape index (κ2) is 6.60. The third-order valence-corrected chi connectivity index (χ3v) is 3.53. The fourth-order valence-corrected chi connectivity index (χ4v) is 2.37. The predicted molar refractivity (Wildman–Crippen MR) is 81.6 cm³/mol. The molecule has 0 aliphatic rings. The van der Waals surface area contributed by atoms with Gasteiger partial charge in [-0.3, -0.25) is 4.79 Å². The van der Waals surface area contributed by atoms with Crippen molar-refractivity contribution in [2.45, 2.75) is 46.5 Å². The van der Waals surface area contributed by atoms with Crippen molar-refractivity contribution >= 4 is 11.0 Å². The molecule has 0 spiro atoms. The van der Waals surface area contributed by atoms with Crippen LogP contribution in [0.25, 0.3) is 11.0 Å². The molecule has 0 radical (unpaired) electrons. The van der Waals surface area contributed by atoms with Gasteiger partial charge in [-0.05, 0) is 31.9 Å². The van der Waals surface area contributed by atoms with Gasteiger partial charge in [0.1, 0.15) is 17.1 Å². The van der Waals surface area contributed by atoms with Crippen LogP contribution in [0.4, 0.5) is 0 Å². The maximum Gasteiger partial charge on any atom is 0.196 e. The van der Waals surface area contributed by atoms with Gasteiger partial charge >= 0.3 is 0 Å². The molecule has 3 heteroatoms. The van der Waals surface area contributed by atoms with Gasteiger partial charge in [0.25, 0.3) is 0 Å². The zero-order valence-corrected chi connectivity index (χ0v) is 12.5. The lowest BCUT2D eigenvalue weighted by molar-refractivity contribution is 0.306. The Balaban J connectivity index is 2.28. The zero-order valence-electron chi connectivity index (χ0n) is 12.5. The first kappa shape index (κ1) is 14.6. The summed E-state index contributed by atoms with van der Waals surface area (Å²) in [7, 11) is 0. The quantitative estimate of drug-likeness (QED) is 0.740. The summed E-state index contributed by atoms with van der Waals surface area (Å²) in [6.45, 7) is 6.68. The van der Waals surface area contributed by atoms with Crippen LogP contribution in [0.15, 0.2) is 27.4 Å². The molecule has 2 rings (SSSR count). The number of unbranched alkanes of at least 4 members (excludes halogenated alkanes) is 2. The molecule has 0 aliphatic carbocycles. The fraction of sp³-hybridized carbons (Fsp3) is 0.471. The van der Waals surface area contributed by atoms with Crippen LogP contribution in [0.5, 0.6) is 5.75 Å². The molecule has 0 saturated heterocycles. The Morgan fingerprint density at radius 2 is 2.00 bits per heavy atom. The van der Waals surface area contributed by atoms with Crippen molar-refractivity contribution in [3.8, 4) is 5.75 Å². The second-order valence-corrected chi connectivity index (χ2v) is 5.03. The lowest BCUT2D eigenvalue weighted by Crippen LogP contribution is -2.10. The van der Waals surface area contributed by atoms with Gasteiger partial charge in [-0.15, -0.1) is 0 Å². The van der Waals surface area contributed by atoms with Crippen LogP contribution in [-0.4, -0.2) is 6.61 Å². The molecule has 2 aromatic rings. The number of fused-ring (bicyclic) bond motifs is 1. The van der Waals surface area contributed by atoms with E-state index < -0.39 is 0 Å². The Morgan fingerprint density at radius 1 is 1.20 bits per heavy atom. The van der Waals surface area contributed by atoms with Crippen molar-refractivity contribution in [1.82, 2.24) is 0 Å². The maximum absolute atomic E-state index is 12.3. The smallest absolute Gasteiger partial charge is 0.196 e. The van der Waals surface area contributed by atoms with E-state index in [1.807, 2.05) is 26.0 Å². The molecular weight excluding hydrogens is 252 g/mol. The average molecular weight is 274 g/mol. The van der Waals surface area contributed by atoms with E-state index in [4.69, 9.17) is 9.15 Å². The van der Waals surface area contributed by atoms with E-state index in [9.17, 15) is 4.79 Å². The number of hydrogen-bond acceptors (Lipinski definition) is 3. The summed E-state index contributed by atoms with van der Waals surface area (Å²) in [6, 6.07) is 5.46. The van der Waals surface area contributed by atoms with Gasteiger partial charge in [-0.2, -0.15) is 0 Å². The molecule has 0 unspecified atom stereocenters. The second-order valence-electron chi connectivity index (χ2n) is 5.03. The SMILES string of the molecule is CCCCCOc1ccc2c(=O)c(CC)c(C)oc2c1. The van der Waals surface area contributed by atoms with Crippen molar-refractivity contribution in [3.05, 3.63) is 39.7 Å². The molecule has 1 aromatic heterocycles. The van der Waals surface area contributed by atoms with E-state index in [-0.39, 0.29) is 5.43 Å². The molecule has 108 valence electrons. The summed E-state index contributed by atoms with van der Waals surface area (Å²) in [5.41, 5.74) is 1.44. The monoisotopic (exact) mass is 274 g/mol. The zero-order chi connectivity index (χ0) is 14.5. The molecule has 0 amide bonds. The third-order valence-electron chi connectivity index (χ3n) is 3.53. The molecule has 1 aromatic carbocycles. The first-order chi connectivity index (χ1) is 9.67. The Labute approximate surface area is 119 Å². The van der Waals surface area contributed by atoms with Gasteiger partial charge in [0.2, 0.25) is 0 Å². The van der Waals surface area contributed by atoms with Gasteiger partial charge in [0, 0.05) is 11.6 Å². The highest BCUT2D eigenvalue weighted by Gasteiger charge is 2.10. The lowest BCUT2D eigenvalue weighted by atomic mass is 10.1. The van der Waals surface area contributed by atoms with Gasteiger partial charge in [-0.1, -0.05) is 26.7 Å². The number of benzene rings is 1. The van der Waals surface area contributed by atoms with Crippen molar-refractivity contribution in [2.75, 3.05) is 6.61 Å². The van der Waals surface area contributed by atoms with Crippen LogP contribution in [-0.2, 0) is 6.42 Å². The molecule has 20 heavy (non-hydrogen) atoms. The van der Waals surface area contributed by atoms with E-state index in [1.165, 1.54) is 12.8 Å². The molecular formula is C17H22O3. The van der Waals surface area contributed by atoms with Gasteiger partial charge < -0.3 is 9.15 Å². The fourth-order valence-electron chi connectivity index (χ4n) is 2.37. The van der Waals surface area contributed by atoms with Gasteiger partial charge in [-0.25, -0.2) is 0 Å². The average Bonchev–Trinajstić information content (AvgIpc) is 2.44. The van der Waals surface area contributed by atoms with Crippen molar-refractivity contribution in [3.63, 3.8) is 0 Å². The summed E-state index contributed by atoms with van der Waals surface area (Å²) < 4.78 is 11.4. The number of aryl methyl sites for hydroxylation is 1. The van der Waals surface area contributed by atoms with Crippen molar-refractivity contribution in [2.24, 2.45) is 0 Å². The highest BCUT2D eigenvalue weighted by molar-refractivity contribution is 5.78. The largest absolute Gasteiger partial charge is 0.493 e. The number of rotatable bonds is 6. The van der Waals surface area contributed by atoms with Crippen molar-refractivity contribution < 1.29 is 9.15 Å². The van der Waals surface area contributed by atoms with Crippen LogP contribution in [0.1, 0.15) is 44.4 Å². The summed E-state index contributed by atoms with van der Waals surface area (Å²) in [6.07, 6.45) is 4.09. The lowest BCUT2D eigenvalue weighted by Gasteiger charge is -2.08. The minimum Gasteiger partial charge on any atom is -0.493 e. The van der Waals surface area contributed by atoms with Crippen LogP contribution < -0.4 is 10.2 Å². The molecule has 1 heterocycles. The van der Waals surface area contributed by atoms with E-state index in [1.54, 1.807) is 6.07 Å². The van der Waals surface area contributed by atoms with Crippen LogP contribution in [0.2, 0.25) is 0 Å². The van der Waals surface area contributed by atoms with E-state index in [0.29, 0.717) is 29.8 Å². The van der Waals surface area contributed by atoms with Gasteiger partial charge in [0.05, 0.1) is 12.0 Å². The summed E-state index contributed by atoms with van der Waals surface area (Å²) in [5.74, 6) is 1.47. The minimum absolute atomic E-state index is 0.0729.